The molecule has 106 valence electrons. The Morgan fingerprint density at radius 2 is 1.72 bits per heavy atom. The number of hydrogen-bond acceptors (Lipinski definition) is 2. The molecular weight excluding hydrogens is 220 g/mol. The van der Waals surface area contributed by atoms with E-state index in [0.29, 0.717) is 23.0 Å². The highest BCUT2D eigenvalue weighted by Gasteiger charge is 2.41. The normalized spacial score (nSPS) is 34.5. The molecule has 1 N–H and O–H groups in total. The van der Waals surface area contributed by atoms with Crippen LogP contribution in [0.1, 0.15) is 66.7 Å². The summed E-state index contributed by atoms with van der Waals surface area (Å²) in [6.45, 7) is 14.4. The van der Waals surface area contributed by atoms with E-state index in [-0.39, 0.29) is 0 Å². The molecule has 0 radical (unpaired) electrons. The van der Waals surface area contributed by atoms with Crippen LogP contribution in [0.3, 0.4) is 0 Å². The topological polar surface area (TPSA) is 15.3 Å². The van der Waals surface area contributed by atoms with Gasteiger partial charge in [-0.05, 0) is 32.1 Å². The Morgan fingerprint density at radius 3 is 2.28 bits per heavy atom. The molecule has 2 atom stereocenters. The first-order chi connectivity index (χ1) is 8.33. The van der Waals surface area contributed by atoms with Crippen molar-refractivity contribution in [2.24, 2.45) is 5.41 Å². The maximum absolute atomic E-state index is 3.75. The average Bonchev–Trinajstić information content (AvgIpc) is 2.28. The number of piperazine rings is 1. The Labute approximate surface area is 114 Å². The summed E-state index contributed by atoms with van der Waals surface area (Å²) in [5.41, 5.74) is 0.826. The van der Waals surface area contributed by atoms with Crippen LogP contribution in [0.15, 0.2) is 0 Å². The van der Waals surface area contributed by atoms with Crippen LogP contribution < -0.4 is 5.32 Å². The van der Waals surface area contributed by atoms with Crippen molar-refractivity contribution >= 4 is 0 Å². The van der Waals surface area contributed by atoms with Gasteiger partial charge in [-0.2, -0.15) is 0 Å². The largest absolute Gasteiger partial charge is 0.311 e. The van der Waals surface area contributed by atoms with Crippen molar-refractivity contribution in [2.45, 2.75) is 84.3 Å². The van der Waals surface area contributed by atoms with Gasteiger partial charge < -0.3 is 5.32 Å². The fraction of sp³-hybridized carbons (Fsp3) is 1.00. The van der Waals surface area contributed by atoms with Crippen molar-refractivity contribution in [1.82, 2.24) is 10.2 Å². The molecule has 1 saturated heterocycles. The van der Waals surface area contributed by atoms with E-state index in [0.717, 1.165) is 6.54 Å². The first-order valence-electron chi connectivity index (χ1n) is 7.83. The maximum atomic E-state index is 3.75. The number of nitrogens with one attached hydrogen (secondary N) is 1. The number of hydrogen-bond donors (Lipinski definition) is 1. The van der Waals surface area contributed by atoms with Gasteiger partial charge in [-0.3, -0.25) is 4.90 Å². The zero-order valence-electron chi connectivity index (χ0n) is 13.1. The van der Waals surface area contributed by atoms with Gasteiger partial charge >= 0.3 is 0 Å². The van der Waals surface area contributed by atoms with Crippen molar-refractivity contribution < 1.29 is 0 Å². The van der Waals surface area contributed by atoms with Gasteiger partial charge in [-0.15, -0.1) is 0 Å². The molecule has 2 aliphatic rings. The summed E-state index contributed by atoms with van der Waals surface area (Å²) in [6.07, 6.45) is 7.09. The van der Waals surface area contributed by atoms with E-state index >= 15 is 0 Å². The minimum Gasteiger partial charge on any atom is -0.311 e. The molecule has 2 unspecified atom stereocenters. The Balaban J connectivity index is 2.09. The first kappa shape index (κ1) is 14.3. The van der Waals surface area contributed by atoms with Crippen LogP contribution in [0.25, 0.3) is 0 Å². The summed E-state index contributed by atoms with van der Waals surface area (Å²) in [4.78, 5) is 2.82. The highest BCUT2D eigenvalue weighted by atomic mass is 15.3. The Hall–Kier alpha value is -0.0800. The van der Waals surface area contributed by atoms with E-state index in [4.69, 9.17) is 0 Å². The monoisotopic (exact) mass is 252 g/mol. The highest BCUT2D eigenvalue weighted by molar-refractivity contribution is 4.99. The van der Waals surface area contributed by atoms with Crippen molar-refractivity contribution in [1.29, 1.82) is 0 Å². The van der Waals surface area contributed by atoms with Gasteiger partial charge in [0.15, 0.2) is 0 Å². The van der Waals surface area contributed by atoms with Crippen molar-refractivity contribution in [3.63, 3.8) is 0 Å². The number of nitrogens with zero attached hydrogens (tertiary/aromatic N) is 1. The quantitative estimate of drug-likeness (QED) is 0.769. The Bertz CT molecular complexity index is 273. The van der Waals surface area contributed by atoms with Gasteiger partial charge in [0.05, 0.1) is 0 Å². The van der Waals surface area contributed by atoms with Crippen molar-refractivity contribution in [2.75, 3.05) is 13.1 Å². The molecule has 1 saturated carbocycles. The van der Waals surface area contributed by atoms with E-state index in [1.165, 1.54) is 38.6 Å². The van der Waals surface area contributed by atoms with Crippen LogP contribution in [0.2, 0.25) is 0 Å². The van der Waals surface area contributed by atoms with Gasteiger partial charge in [0, 0.05) is 30.7 Å². The van der Waals surface area contributed by atoms with Gasteiger partial charge in [-0.1, -0.05) is 40.0 Å². The molecule has 1 aliphatic carbocycles. The summed E-state index contributed by atoms with van der Waals surface area (Å²) in [5.74, 6) is 0. The van der Waals surface area contributed by atoms with Gasteiger partial charge in [-0.25, -0.2) is 0 Å². The second-order valence-electron chi connectivity index (χ2n) is 7.89. The molecule has 1 heterocycles. The van der Waals surface area contributed by atoms with Crippen LogP contribution in [-0.4, -0.2) is 35.6 Å². The second-order valence-corrected chi connectivity index (χ2v) is 7.89. The summed E-state index contributed by atoms with van der Waals surface area (Å²) < 4.78 is 0. The molecule has 2 rings (SSSR count). The minimum atomic E-state index is 0.365. The van der Waals surface area contributed by atoms with E-state index in [1.54, 1.807) is 0 Å². The standard InChI is InChI=1S/C16H32N2/c1-13-11-17-14(15(2,3)4)12-18(13)16(5)9-7-6-8-10-16/h13-14,17H,6-12H2,1-5H3. The number of rotatable bonds is 1. The van der Waals surface area contributed by atoms with E-state index < -0.39 is 0 Å². The lowest BCUT2D eigenvalue weighted by Crippen LogP contribution is -2.65. The molecule has 0 aromatic rings. The molecule has 0 spiro atoms. The third-order valence-electron chi connectivity index (χ3n) is 5.24. The predicted molar refractivity (Wildman–Crippen MR) is 78.9 cm³/mol. The first-order valence-corrected chi connectivity index (χ1v) is 7.83. The Kier molecular flexibility index (Phi) is 4.08. The lowest BCUT2D eigenvalue weighted by Gasteiger charge is -2.53. The molecule has 1 aliphatic heterocycles. The summed E-state index contributed by atoms with van der Waals surface area (Å²) >= 11 is 0. The lowest BCUT2D eigenvalue weighted by atomic mass is 9.78. The molecule has 0 bridgehead atoms. The smallest absolute Gasteiger partial charge is 0.0244 e. The molecule has 2 fully saturated rings. The van der Waals surface area contributed by atoms with E-state index in [2.05, 4.69) is 44.8 Å². The van der Waals surface area contributed by atoms with Crippen LogP contribution >= 0.6 is 0 Å². The van der Waals surface area contributed by atoms with Gasteiger partial charge in [0.2, 0.25) is 0 Å². The molecule has 2 heteroatoms. The van der Waals surface area contributed by atoms with Crippen LogP contribution in [0.5, 0.6) is 0 Å². The molecule has 0 amide bonds. The van der Waals surface area contributed by atoms with Crippen LogP contribution in [0, 0.1) is 5.41 Å². The van der Waals surface area contributed by atoms with Gasteiger partial charge in [0.25, 0.3) is 0 Å². The third kappa shape index (κ3) is 2.91. The van der Waals surface area contributed by atoms with E-state index in [1.807, 2.05) is 0 Å². The predicted octanol–water partition coefficient (Wildman–Crippen LogP) is 3.42. The van der Waals surface area contributed by atoms with Crippen LogP contribution in [0.4, 0.5) is 0 Å². The zero-order valence-corrected chi connectivity index (χ0v) is 13.1. The summed E-state index contributed by atoms with van der Waals surface area (Å²) in [6, 6.07) is 1.32. The maximum Gasteiger partial charge on any atom is 0.0244 e. The van der Waals surface area contributed by atoms with Crippen molar-refractivity contribution in [3.05, 3.63) is 0 Å². The second kappa shape index (κ2) is 5.13. The third-order valence-corrected chi connectivity index (χ3v) is 5.24. The zero-order chi connectivity index (χ0) is 13.4. The summed E-state index contributed by atoms with van der Waals surface area (Å²) in [5, 5.41) is 3.75. The molecule has 2 nitrogen and oxygen atoms in total. The minimum absolute atomic E-state index is 0.365. The molecule has 0 aromatic carbocycles. The fourth-order valence-electron chi connectivity index (χ4n) is 3.80. The highest BCUT2D eigenvalue weighted by Crippen LogP contribution is 2.37. The average molecular weight is 252 g/mol. The van der Waals surface area contributed by atoms with Gasteiger partial charge in [0.1, 0.15) is 0 Å². The molecular formula is C16H32N2. The Morgan fingerprint density at radius 1 is 1.11 bits per heavy atom. The lowest BCUT2D eigenvalue weighted by molar-refractivity contribution is -0.0134. The SMILES string of the molecule is CC1CNC(C(C)(C)C)CN1C1(C)CCCCC1. The fourth-order valence-corrected chi connectivity index (χ4v) is 3.80. The van der Waals surface area contributed by atoms with Crippen LogP contribution in [-0.2, 0) is 0 Å². The molecule has 0 aromatic heterocycles. The molecule has 18 heavy (non-hydrogen) atoms. The summed E-state index contributed by atoms with van der Waals surface area (Å²) in [7, 11) is 0. The van der Waals surface area contributed by atoms with E-state index in [9.17, 15) is 0 Å². The van der Waals surface area contributed by atoms with Crippen molar-refractivity contribution in [3.8, 4) is 0 Å².